The Balaban J connectivity index is 1.78. The number of benzene rings is 1. The van der Waals surface area contributed by atoms with Crippen LogP contribution in [0.3, 0.4) is 0 Å². The Kier molecular flexibility index (Phi) is 4.98. The number of carbonyl (C=O) groups excluding carboxylic acids is 2. The van der Waals surface area contributed by atoms with Crippen LogP contribution in [0.5, 0.6) is 0 Å². The zero-order valence-electron chi connectivity index (χ0n) is 13.1. The first-order valence-corrected chi connectivity index (χ1v) is 7.83. The van der Waals surface area contributed by atoms with E-state index in [9.17, 15) is 19.8 Å². The average Bonchev–Trinajstić information content (AvgIpc) is 3.06. The quantitative estimate of drug-likeness (QED) is 0.792. The normalized spacial score (nSPS) is 24.2. The Morgan fingerprint density at radius 2 is 1.92 bits per heavy atom. The van der Waals surface area contributed by atoms with E-state index in [1.165, 1.54) is 4.90 Å². The first-order valence-electron chi connectivity index (χ1n) is 7.83. The lowest BCUT2D eigenvalue weighted by Gasteiger charge is -2.36. The number of nitrogens with zero attached hydrogens (tertiary/aromatic N) is 2. The molecule has 2 atom stereocenters. The third kappa shape index (κ3) is 3.35. The number of carbonyl (C=O) groups is 2. The largest absolute Gasteiger partial charge is 0.447 e. The number of hydrogen-bond acceptors (Lipinski definition) is 6. The molecule has 2 fully saturated rings. The second-order valence-electron chi connectivity index (χ2n) is 5.77. The van der Waals surface area contributed by atoms with Crippen LogP contribution in [0.15, 0.2) is 24.3 Å². The van der Waals surface area contributed by atoms with Crippen LogP contribution in [0.25, 0.3) is 0 Å². The molecular weight excluding hydrogens is 316 g/mol. The molecule has 2 saturated heterocycles. The maximum atomic E-state index is 12.7. The van der Waals surface area contributed by atoms with Gasteiger partial charge in [-0.1, -0.05) is 6.07 Å². The molecule has 0 aromatic heterocycles. The fourth-order valence-electron chi connectivity index (χ4n) is 2.91. The van der Waals surface area contributed by atoms with Crippen molar-refractivity contribution in [1.29, 1.82) is 0 Å². The van der Waals surface area contributed by atoms with Crippen molar-refractivity contribution in [2.24, 2.45) is 0 Å². The molecular formula is C16H20N2O6. The number of aliphatic hydroxyl groups excluding tert-OH is 2. The smallest absolute Gasteiger partial charge is 0.414 e. The third-order valence-corrected chi connectivity index (χ3v) is 4.09. The van der Waals surface area contributed by atoms with Gasteiger partial charge in [-0.15, -0.1) is 0 Å². The monoisotopic (exact) mass is 336 g/mol. The Morgan fingerprint density at radius 3 is 2.50 bits per heavy atom. The van der Waals surface area contributed by atoms with Gasteiger partial charge in [-0.3, -0.25) is 9.69 Å². The molecule has 0 saturated carbocycles. The first-order chi connectivity index (χ1) is 11.6. The lowest BCUT2D eigenvalue weighted by Crippen LogP contribution is -2.52. The highest BCUT2D eigenvalue weighted by atomic mass is 16.6. The van der Waals surface area contributed by atoms with Crippen LogP contribution >= 0.6 is 0 Å². The van der Waals surface area contributed by atoms with E-state index in [1.54, 1.807) is 29.2 Å². The lowest BCUT2D eigenvalue weighted by atomic mass is 10.1. The molecule has 1 aromatic carbocycles. The number of ether oxygens (including phenoxy) is 2. The van der Waals surface area contributed by atoms with Crippen LogP contribution in [-0.2, 0) is 9.47 Å². The van der Waals surface area contributed by atoms with Gasteiger partial charge >= 0.3 is 6.09 Å². The van der Waals surface area contributed by atoms with Crippen LogP contribution in [0.4, 0.5) is 10.5 Å². The van der Waals surface area contributed by atoms with Crippen molar-refractivity contribution >= 4 is 17.7 Å². The molecule has 130 valence electrons. The van der Waals surface area contributed by atoms with Crippen molar-refractivity contribution in [3.63, 3.8) is 0 Å². The number of rotatable bonds is 4. The molecule has 0 unspecified atom stereocenters. The number of anilines is 1. The van der Waals surface area contributed by atoms with E-state index in [2.05, 4.69) is 0 Å². The summed E-state index contributed by atoms with van der Waals surface area (Å²) >= 11 is 0. The Hall–Kier alpha value is -2.16. The number of amides is 2. The predicted molar refractivity (Wildman–Crippen MR) is 83.9 cm³/mol. The molecule has 0 spiro atoms. The molecule has 1 aromatic rings. The summed E-state index contributed by atoms with van der Waals surface area (Å²) < 4.78 is 10.4. The van der Waals surface area contributed by atoms with Gasteiger partial charge in [0.2, 0.25) is 0 Å². The minimum absolute atomic E-state index is 0.222. The highest BCUT2D eigenvalue weighted by molar-refractivity contribution is 5.97. The van der Waals surface area contributed by atoms with Gasteiger partial charge in [0, 0.05) is 24.3 Å². The van der Waals surface area contributed by atoms with Crippen molar-refractivity contribution in [1.82, 2.24) is 4.90 Å². The fourth-order valence-corrected chi connectivity index (χ4v) is 2.91. The maximum Gasteiger partial charge on any atom is 0.414 e. The fraction of sp³-hybridized carbons (Fsp3) is 0.500. The third-order valence-electron chi connectivity index (χ3n) is 4.09. The molecule has 2 N–H and O–H groups in total. The van der Waals surface area contributed by atoms with Crippen molar-refractivity contribution < 1.29 is 29.3 Å². The summed E-state index contributed by atoms with van der Waals surface area (Å²) in [6.45, 7) is 0.841. The molecule has 0 radical (unpaired) electrons. The number of cyclic esters (lactones) is 1. The van der Waals surface area contributed by atoms with Gasteiger partial charge in [0.15, 0.2) is 0 Å². The molecule has 0 aliphatic carbocycles. The van der Waals surface area contributed by atoms with Gasteiger partial charge in [0.1, 0.15) is 6.61 Å². The zero-order valence-corrected chi connectivity index (χ0v) is 13.1. The van der Waals surface area contributed by atoms with Gasteiger partial charge in [-0.05, 0) is 18.2 Å². The Labute approximate surface area is 139 Å². The van der Waals surface area contributed by atoms with Gasteiger partial charge in [0.05, 0.1) is 32.0 Å². The maximum absolute atomic E-state index is 12.7. The van der Waals surface area contributed by atoms with E-state index in [0.717, 1.165) is 0 Å². The van der Waals surface area contributed by atoms with Crippen molar-refractivity contribution in [3.05, 3.63) is 29.8 Å². The topological polar surface area (TPSA) is 99.5 Å². The SMILES string of the molecule is O=C(c1cccc(N2CCOC2=O)c1)N1C[C@H](CO)O[C@@H](CO)C1. The van der Waals surface area contributed by atoms with Crippen LogP contribution in [0.2, 0.25) is 0 Å². The van der Waals surface area contributed by atoms with E-state index in [1.807, 2.05) is 0 Å². The summed E-state index contributed by atoms with van der Waals surface area (Å²) in [5.41, 5.74) is 1.04. The molecule has 2 amide bonds. The van der Waals surface area contributed by atoms with E-state index in [4.69, 9.17) is 9.47 Å². The van der Waals surface area contributed by atoms with E-state index >= 15 is 0 Å². The van der Waals surface area contributed by atoms with Crippen molar-refractivity contribution in [2.75, 3.05) is 44.4 Å². The van der Waals surface area contributed by atoms with Crippen LogP contribution in [0, 0.1) is 0 Å². The van der Waals surface area contributed by atoms with E-state index in [-0.39, 0.29) is 32.2 Å². The molecule has 8 heteroatoms. The van der Waals surface area contributed by atoms with Crippen LogP contribution in [-0.4, -0.2) is 78.8 Å². The Morgan fingerprint density at radius 1 is 1.21 bits per heavy atom. The second-order valence-corrected chi connectivity index (χ2v) is 5.77. The summed E-state index contributed by atoms with van der Waals surface area (Å²) in [6.07, 6.45) is -1.46. The minimum atomic E-state index is -0.517. The lowest BCUT2D eigenvalue weighted by molar-refractivity contribution is -0.108. The van der Waals surface area contributed by atoms with Crippen LogP contribution < -0.4 is 4.90 Å². The predicted octanol–water partition coefficient (Wildman–Crippen LogP) is -0.163. The summed E-state index contributed by atoms with van der Waals surface area (Å²) in [5, 5.41) is 18.6. The molecule has 8 nitrogen and oxygen atoms in total. The highest BCUT2D eigenvalue weighted by Gasteiger charge is 2.31. The summed E-state index contributed by atoms with van der Waals surface area (Å²) in [4.78, 5) is 27.4. The Bertz CT molecular complexity index is 610. The van der Waals surface area contributed by atoms with E-state index in [0.29, 0.717) is 24.4 Å². The minimum Gasteiger partial charge on any atom is -0.447 e. The van der Waals surface area contributed by atoms with E-state index < -0.39 is 18.3 Å². The highest BCUT2D eigenvalue weighted by Crippen LogP contribution is 2.22. The number of morpholine rings is 1. The van der Waals surface area contributed by atoms with Crippen molar-refractivity contribution in [3.8, 4) is 0 Å². The molecule has 2 heterocycles. The zero-order chi connectivity index (χ0) is 17.1. The molecule has 24 heavy (non-hydrogen) atoms. The molecule has 0 bridgehead atoms. The van der Waals surface area contributed by atoms with Gasteiger partial charge in [-0.2, -0.15) is 0 Å². The summed E-state index contributed by atoms with van der Waals surface area (Å²) in [6, 6.07) is 6.77. The van der Waals surface area contributed by atoms with Gasteiger partial charge < -0.3 is 24.6 Å². The molecule has 3 rings (SSSR count). The molecule has 2 aliphatic heterocycles. The summed E-state index contributed by atoms with van der Waals surface area (Å²) in [7, 11) is 0. The van der Waals surface area contributed by atoms with Gasteiger partial charge in [-0.25, -0.2) is 4.79 Å². The average molecular weight is 336 g/mol. The summed E-state index contributed by atoms with van der Waals surface area (Å²) in [5.74, 6) is -0.232. The standard InChI is InChI=1S/C16H20N2O6/c19-9-13-7-17(8-14(10-20)24-13)15(21)11-2-1-3-12(6-11)18-4-5-23-16(18)22/h1-3,6,13-14,19-20H,4-5,7-10H2/t13-,14-/m1/s1. The van der Waals surface area contributed by atoms with Gasteiger partial charge in [0.25, 0.3) is 5.91 Å². The van der Waals surface area contributed by atoms with Crippen molar-refractivity contribution in [2.45, 2.75) is 12.2 Å². The first kappa shape index (κ1) is 16.7. The molecule has 2 aliphatic rings. The van der Waals surface area contributed by atoms with Crippen LogP contribution in [0.1, 0.15) is 10.4 Å². The second kappa shape index (κ2) is 7.16. The number of hydrogen-bond donors (Lipinski definition) is 2. The number of aliphatic hydroxyl groups is 2.